The summed E-state index contributed by atoms with van der Waals surface area (Å²) in [5.41, 5.74) is 7.89. The van der Waals surface area contributed by atoms with E-state index in [2.05, 4.69) is 27.8 Å². The van der Waals surface area contributed by atoms with Crippen LogP contribution in [0.25, 0.3) is 0 Å². The Kier molecular flexibility index (Phi) is 3.09. The van der Waals surface area contributed by atoms with Crippen LogP contribution in [0, 0.1) is 6.92 Å². The van der Waals surface area contributed by atoms with Crippen molar-refractivity contribution in [3.8, 4) is 0 Å². The highest BCUT2D eigenvalue weighted by atomic mass is 79.9. The van der Waals surface area contributed by atoms with Crippen molar-refractivity contribution in [3.63, 3.8) is 0 Å². The fourth-order valence-corrected chi connectivity index (χ4v) is 1.25. The van der Waals surface area contributed by atoms with Crippen LogP contribution < -0.4 is 5.73 Å². The van der Waals surface area contributed by atoms with Gasteiger partial charge in [-0.1, -0.05) is 6.92 Å². The van der Waals surface area contributed by atoms with Crippen LogP contribution in [0.3, 0.4) is 0 Å². The fourth-order valence-electron chi connectivity index (χ4n) is 1.03. The van der Waals surface area contributed by atoms with Crippen LogP contribution in [0.2, 0.25) is 0 Å². The van der Waals surface area contributed by atoms with Gasteiger partial charge in [0.05, 0.1) is 11.2 Å². The molecule has 1 rings (SSSR count). The van der Waals surface area contributed by atoms with Gasteiger partial charge in [0.2, 0.25) is 0 Å². The Hall–Kier alpha value is -0.410. The molecular weight excluding hydrogens is 228 g/mol. The molecule has 0 aliphatic rings. The van der Waals surface area contributed by atoms with Gasteiger partial charge in [0.25, 0.3) is 0 Å². The molecule has 1 aromatic heterocycles. The average Bonchev–Trinajstić information content (AvgIpc) is 2.09. The zero-order valence-corrected chi connectivity index (χ0v) is 9.85. The van der Waals surface area contributed by atoms with Crippen LogP contribution in [0.5, 0.6) is 0 Å². The third kappa shape index (κ3) is 2.29. The second-order valence-corrected chi connectivity index (χ2v) is 4.44. The van der Waals surface area contributed by atoms with E-state index in [0.29, 0.717) is 0 Å². The Labute approximate surface area is 87.7 Å². The normalized spacial score (nSPS) is 15.5. The molecule has 0 aliphatic heterocycles. The average molecular weight is 243 g/mol. The standard InChI is InChI=1S/C10H15BrN2/c1-4-10(3,12)9-5-7(2)8(11)6-13-9/h5-6H,4,12H2,1-3H3. The SMILES string of the molecule is CCC(C)(N)c1cc(C)c(Br)cn1. The summed E-state index contributed by atoms with van der Waals surface area (Å²) in [7, 11) is 0. The van der Waals surface area contributed by atoms with Gasteiger partial charge < -0.3 is 5.73 Å². The second-order valence-electron chi connectivity index (χ2n) is 3.59. The molecule has 13 heavy (non-hydrogen) atoms. The number of halogens is 1. The number of pyridine rings is 1. The van der Waals surface area contributed by atoms with Gasteiger partial charge in [-0.05, 0) is 47.8 Å². The zero-order valence-electron chi connectivity index (χ0n) is 8.26. The molecule has 0 saturated heterocycles. The van der Waals surface area contributed by atoms with Crippen molar-refractivity contribution >= 4 is 15.9 Å². The number of hydrogen-bond acceptors (Lipinski definition) is 2. The lowest BCUT2D eigenvalue weighted by molar-refractivity contribution is 0.461. The van der Waals surface area contributed by atoms with Crippen LogP contribution in [-0.2, 0) is 5.54 Å². The van der Waals surface area contributed by atoms with Crippen LogP contribution >= 0.6 is 15.9 Å². The monoisotopic (exact) mass is 242 g/mol. The Bertz CT molecular complexity index is 308. The van der Waals surface area contributed by atoms with Crippen LogP contribution in [0.15, 0.2) is 16.7 Å². The lowest BCUT2D eigenvalue weighted by atomic mass is 9.95. The minimum Gasteiger partial charge on any atom is -0.320 e. The number of nitrogens with two attached hydrogens (primary N) is 1. The first-order valence-corrected chi connectivity index (χ1v) is 5.18. The van der Waals surface area contributed by atoms with Crippen molar-refractivity contribution in [2.24, 2.45) is 5.73 Å². The Balaban J connectivity index is 3.10. The van der Waals surface area contributed by atoms with Crippen molar-refractivity contribution in [1.82, 2.24) is 4.98 Å². The first kappa shape index (κ1) is 10.7. The molecule has 2 nitrogen and oxygen atoms in total. The molecule has 1 atom stereocenters. The van der Waals surface area contributed by atoms with Gasteiger partial charge in [-0.3, -0.25) is 4.98 Å². The third-order valence-electron chi connectivity index (χ3n) is 2.37. The van der Waals surface area contributed by atoms with E-state index >= 15 is 0 Å². The van der Waals surface area contributed by atoms with Crippen molar-refractivity contribution in [2.45, 2.75) is 32.7 Å². The molecule has 0 fully saturated rings. The highest BCUT2D eigenvalue weighted by Crippen LogP contribution is 2.23. The summed E-state index contributed by atoms with van der Waals surface area (Å²) in [4.78, 5) is 4.31. The summed E-state index contributed by atoms with van der Waals surface area (Å²) in [6.07, 6.45) is 2.70. The highest BCUT2D eigenvalue weighted by Gasteiger charge is 2.20. The van der Waals surface area contributed by atoms with Gasteiger partial charge in [0, 0.05) is 10.7 Å². The second kappa shape index (κ2) is 3.76. The number of hydrogen-bond donors (Lipinski definition) is 1. The van der Waals surface area contributed by atoms with Crippen molar-refractivity contribution < 1.29 is 0 Å². The van der Waals surface area contributed by atoms with E-state index in [-0.39, 0.29) is 5.54 Å². The maximum absolute atomic E-state index is 6.08. The predicted molar refractivity (Wildman–Crippen MR) is 58.5 cm³/mol. The van der Waals surface area contributed by atoms with Crippen LogP contribution in [0.4, 0.5) is 0 Å². The molecule has 0 amide bonds. The summed E-state index contributed by atoms with van der Waals surface area (Å²) < 4.78 is 1.03. The third-order valence-corrected chi connectivity index (χ3v) is 3.20. The maximum atomic E-state index is 6.08. The molecule has 2 N–H and O–H groups in total. The van der Waals surface area contributed by atoms with Gasteiger partial charge in [0.1, 0.15) is 0 Å². The van der Waals surface area contributed by atoms with E-state index in [1.54, 1.807) is 0 Å². The molecule has 0 aliphatic carbocycles. The number of rotatable bonds is 2. The van der Waals surface area contributed by atoms with Crippen molar-refractivity contribution in [3.05, 3.63) is 28.0 Å². The van der Waals surface area contributed by atoms with E-state index < -0.39 is 0 Å². The molecular formula is C10H15BrN2. The van der Waals surface area contributed by atoms with Gasteiger partial charge in [-0.15, -0.1) is 0 Å². The molecule has 0 radical (unpaired) electrons. The minimum atomic E-state index is -0.314. The molecule has 0 bridgehead atoms. The lowest BCUT2D eigenvalue weighted by Gasteiger charge is -2.22. The summed E-state index contributed by atoms with van der Waals surface area (Å²) >= 11 is 3.41. The van der Waals surface area contributed by atoms with Gasteiger partial charge in [-0.25, -0.2) is 0 Å². The number of aryl methyl sites for hydroxylation is 1. The van der Waals surface area contributed by atoms with E-state index in [1.165, 1.54) is 5.56 Å². The summed E-state index contributed by atoms with van der Waals surface area (Å²) in [6, 6.07) is 2.04. The first-order chi connectivity index (χ1) is 5.97. The number of aromatic nitrogens is 1. The highest BCUT2D eigenvalue weighted by molar-refractivity contribution is 9.10. The minimum absolute atomic E-state index is 0.314. The fraction of sp³-hybridized carbons (Fsp3) is 0.500. The van der Waals surface area contributed by atoms with Gasteiger partial charge in [0.15, 0.2) is 0 Å². The molecule has 3 heteroatoms. The Morgan fingerprint density at radius 1 is 1.62 bits per heavy atom. The van der Waals surface area contributed by atoms with Gasteiger partial charge in [-0.2, -0.15) is 0 Å². The Morgan fingerprint density at radius 2 is 2.23 bits per heavy atom. The molecule has 1 unspecified atom stereocenters. The molecule has 0 saturated carbocycles. The van der Waals surface area contributed by atoms with E-state index in [1.807, 2.05) is 26.1 Å². The quantitative estimate of drug-likeness (QED) is 0.867. The van der Waals surface area contributed by atoms with E-state index in [0.717, 1.165) is 16.6 Å². The largest absolute Gasteiger partial charge is 0.320 e. The van der Waals surface area contributed by atoms with Crippen LogP contribution in [0.1, 0.15) is 31.5 Å². The molecule has 0 aromatic carbocycles. The lowest BCUT2D eigenvalue weighted by Crippen LogP contribution is -2.33. The molecule has 1 aromatic rings. The molecule has 0 spiro atoms. The van der Waals surface area contributed by atoms with Crippen molar-refractivity contribution in [1.29, 1.82) is 0 Å². The Morgan fingerprint density at radius 3 is 2.69 bits per heavy atom. The van der Waals surface area contributed by atoms with E-state index in [9.17, 15) is 0 Å². The topological polar surface area (TPSA) is 38.9 Å². The van der Waals surface area contributed by atoms with E-state index in [4.69, 9.17) is 5.73 Å². The summed E-state index contributed by atoms with van der Waals surface area (Å²) in [5, 5.41) is 0. The first-order valence-electron chi connectivity index (χ1n) is 4.39. The smallest absolute Gasteiger partial charge is 0.0602 e. The molecule has 1 heterocycles. The predicted octanol–water partition coefficient (Wildman–Crippen LogP) is 2.74. The van der Waals surface area contributed by atoms with Crippen LogP contribution in [-0.4, -0.2) is 4.98 Å². The number of nitrogens with zero attached hydrogens (tertiary/aromatic N) is 1. The summed E-state index contributed by atoms with van der Waals surface area (Å²) in [6.45, 7) is 6.11. The molecule has 72 valence electrons. The van der Waals surface area contributed by atoms with Crippen molar-refractivity contribution in [2.75, 3.05) is 0 Å². The zero-order chi connectivity index (χ0) is 10.1. The maximum Gasteiger partial charge on any atom is 0.0602 e. The summed E-state index contributed by atoms with van der Waals surface area (Å²) in [5.74, 6) is 0. The van der Waals surface area contributed by atoms with Gasteiger partial charge >= 0.3 is 0 Å².